The summed E-state index contributed by atoms with van der Waals surface area (Å²) in [6, 6.07) is 11.8. The Hall–Kier alpha value is -3.22. The first-order valence-electron chi connectivity index (χ1n) is 7.51. The minimum absolute atomic E-state index is 0.184. The van der Waals surface area contributed by atoms with Crippen LogP contribution in [0, 0.1) is 0 Å². The van der Waals surface area contributed by atoms with E-state index in [1.807, 2.05) is 0 Å². The first-order chi connectivity index (χ1) is 12.1. The van der Waals surface area contributed by atoms with Crippen LogP contribution in [0.25, 0.3) is 0 Å². The van der Waals surface area contributed by atoms with Gasteiger partial charge >= 0.3 is 0 Å². The fourth-order valence-electron chi connectivity index (χ4n) is 2.14. The minimum atomic E-state index is -0.410. The second-order valence-electron chi connectivity index (χ2n) is 5.03. The average Bonchev–Trinajstić information content (AvgIpc) is 2.65. The Morgan fingerprint density at radius 3 is 2.16 bits per heavy atom. The predicted octanol–water partition coefficient (Wildman–Crippen LogP) is 2.08. The molecule has 0 atom stereocenters. The van der Waals surface area contributed by atoms with Gasteiger partial charge in [-0.15, -0.1) is 0 Å². The topological polar surface area (TPSA) is 85.9 Å². The van der Waals surface area contributed by atoms with E-state index in [9.17, 15) is 9.59 Å². The number of nitrogens with one attached hydrogen (secondary N) is 2. The lowest BCUT2D eigenvalue weighted by molar-refractivity contribution is -0.115. The zero-order valence-electron chi connectivity index (χ0n) is 14.3. The lowest BCUT2D eigenvalue weighted by Crippen LogP contribution is -2.32. The highest BCUT2D eigenvalue weighted by molar-refractivity contribution is 6.00. The van der Waals surface area contributed by atoms with Gasteiger partial charge in [-0.05, 0) is 24.3 Å². The molecule has 0 heterocycles. The molecule has 0 saturated heterocycles. The van der Waals surface area contributed by atoms with E-state index in [2.05, 4.69) is 10.6 Å². The number of para-hydroxylation sites is 2. The summed E-state index contributed by atoms with van der Waals surface area (Å²) in [5.41, 5.74) is 0.869. The Labute approximate surface area is 145 Å². The summed E-state index contributed by atoms with van der Waals surface area (Å²) in [7, 11) is 4.51. The number of benzene rings is 2. The minimum Gasteiger partial charge on any atom is -0.497 e. The number of amides is 2. The number of hydrogen-bond donors (Lipinski definition) is 2. The van der Waals surface area contributed by atoms with Crippen LogP contribution in [-0.4, -0.2) is 39.7 Å². The molecule has 2 rings (SSSR count). The van der Waals surface area contributed by atoms with Crippen LogP contribution in [-0.2, 0) is 4.79 Å². The lowest BCUT2D eigenvalue weighted by Gasteiger charge is -2.11. The number of carbonyl (C=O) groups is 2. The zero-order chi connectivity index (χ0) is 18.2. The van der Waals surface area contributed by atoms with E-state index in [0.717, 1.165) is 0 Å². The van der Waals surface area contributed by atoms with Crippen molar-refractivity contribution in [1.82, 2.24) is 5.32 Å². The van der Waals surface area contributed by atoms with Gasteiger partial charge in [-0.3, -0.25) is 9.59 Å². The summed E-state index contributed by atoms with van der Waals surface area (Å²) in [6.45, 7) is -0.184. The van der Waals surface area contributed by atoms with Crippen LogP contribution in [0.5, 0.6) is 17.2 Å². The molecule has 7 heteroatoms. The Morgan fingerprint density at radius 1 is 0.920 bits per heavy atom. The molecular weight excluding hydrogens is 324 g/mol. The van der Waals surface area contributed by atoms with Crippen LogP contribution in [0.3, 0.4) is 0 Å². The largest absolute Gasteiger partial charge is 0.497 e. The molecule has 2 aromatic carbocycles. The molecule has 0 aliphatic heterocycles. The van der Waals surface area contributed by atoms with Crippen LogP contribution < -0.4 is 24.8 Å². The fourth-order valence-corrected chi connectivity index (χ4v) is 2.14. The van der Waals surface area contributed by atoms with Gasteiger partial charge < -0.3 is 24.8 Å². The summed E-state index contributed by atoms with van der Waals surface area (Å²) in [4.78, 5) is 24.3. The van der Waals surface area contributed by atoms with Gasteiger partial charge in [0, 0.05) is 11.6 Å². The zero-order valence-corrected chi connectivity index (χ0v) is 14.3. The van der Waals surface area contributed by atoms with Gasteiger partial charge in [0.2, 0.25) is 5.91 Å². The highest BCUT2D eigenvalue weighted by Gasteiger charge is 2.12. The second kappa shape index (κ2) is 8.58. The smallest absolute Gasteiger partial charge is 0.251 e. The van der Waals surface area contributed by atoms with Crippen LogP contribution in [0.2, 0.25) is 0 Å². The Kier molecular flexibility index (Phi) is 6.22. The van der Waals surface area contributed by atoms with Crippen molar-refractivity contribution in [2.24, 2.45) is 0 Å². The molecule has 0 fully saturated rings. The molecule has 2 amide bonds. The van der Waals surface area contributed by atoms with Crippen molar-refractivity contribution in [2.45, 2.75) is 0 Å². The molecule has 2 aromatic rings. The van der Waals surface area contributed by atoms with E-state index in [1.54, 1.807) is 42.5 Å². The van der Waals surface area contributed by atoms with Gasteiger partial charge in [0.05, 0.1) is 33.6 Å². The fraction of sp³-hybridized carbons (Fsp3) is 0.222. The lowest BCUT2D eigenvalue weighted by atomic mass is 10.2. The van der Waals surface area contributed by atoms with Crippen molar-refractivity contribution >= 4 is 17.5 Å². The molecule has 0 aliphatic rings. The SMILES string of the molecule is COc1cc(OC)cc(C(=O)NCC(=O)Nc2ccccc2OC)c1. The normalized spacial score (nSPS) is 9.88. The van der Waals surface area contributed by atoms with E-state index in [-0.39, 0.29) is 12.5 Å². The summed E-state index contributed by atoms with van der Waals surface area (Å²) in [5, 5.41) is 5.24. The van der Waals surface area contributed by atoms with Crippen molar-refractivity contribution in [3.8, 4) is 17.2 Å². The number of ether oxygens (including phenoxy) is 3. The van der Waals surface area contributed by atoms with Gasteiger partial charge in [-0.2, -0.15) is 0 Å². The highest BCUT2D eigenvalue weighted by atomic mass is 16.5. The molecule has 7 nitrogen and oxygen atoms in total. The summed E-state index contributed by atoms with van der Waals surface area (Å²) < 4.78 is 15.4. The Morgan fingerprint density at radius 2 is 1.56 bits per heavy atom. The maximum absolute atomic E-state index is 12.2. The first-order valence-corrected chi connectivity index (χ1v) is 7.51. The van der Waals surface area contributed by atoms with E-state index in [0.29, 0.717) is 28.5 Å². The average molecular weight is 344 g/mol. The molecule has 0 spiro atoms. The van der Waals surface area contributed by atoms with E-state index < -0.39 is 5.91 Å². The third-order valence-corrected chi connectivity index (χ3v) is 3.40. The number of carbonyl (C=O) groups excluding carboxylic acids is 2. The van der Waals surface area contributed by atoms with Gasteiger partial charge in [0.1, 0.15) is 17.2 Å². The number of methoxy groups -OCH3 is 3. The number of anilines is 1. The molecular formula is C18H20N2O5. The van der Waals surface area contributed by atoms with Crippen LogP contribution >= 0.6 is 0 Å². The first kappa shape index (κ1) is 18.1. The van der Waals surface area contributed by atoms with Crippen molar-refractivity contribution in [2.75, 3.05) is 33.2 Å². The van der Waals surface area contributed by atoms with Gasteiger partial charge in [-0.1, -0.05) is 12.1 Å². The molecule has 0 aromatic heterocycles. The van der Waals surface area contributed by atoms with Crippen molar-refractivity contribution < 1.29 is 23.8 Å². The Bertz CT molecular complexity index is 739. The van der Waals surface area contributed by atoms with Crippen molar-refractivity contribution in [3.05, 3.63) is 48.0 Å². The maximum Gasteiger partial charge on any atom is 0.251 e. The van der Waals surface area contributed by atoms with Crippen molar-refractivity contribution in [3.63, 3.8) is 0 Å². The second-order valence-corrected chi connectivity index (χ2v) is 5.03. The van der Waals surface area contributed by atoms with Gasteiger partial charge in [0.25, 0.3) is 5.91 Å². The standard InChI is InChI=1S/C18H20N2O5/c1-23-13-8-12(9-14(10-13)24-2)18(22)19-11-17(21)20-15-6-4-5-7-16(15)25-3/h4-10H,11H2,1-3H3,(H,19,22)(H,20,21). The van der Waals surface area contributed by atoms with E-state index >= 15 is 0 Å². The molecule has 0 unspecified atom stereocenters. The maximum atomic E-state index is 12.2. The summed E-state index contributed by atoms with van der Waals surface area (Å²) in [5.74, 6) is 0.741. The van der Waals surface area contributed by atoms with Crippen molar-refractivity contribution in [1.29, 1.82) is 0 Å². The third-order valence-electron chi connectivity index (χ3n) is 3.40. The van der Waals surface area contributed by atoms with E-state index in [1.165, 1.54) is 21.3 Å². The molecule has 0 aliphatic carbocycles. The quantitative estimate of drug-likeness (QED) is 0.803. The molecule has 132 valence electrons. The molecule has 25 heavy (non-hydrogen) atoms. The van der Waals surface area contributed by atoms with E-state index in [4.69, 9.17) is 14.2 Å². The monoisotopic (exact) mass is 344 g/mol. The molecule has 2 N–H and O–H groups in total. The van der Waals surface area contributed by atoms with Crippen LogP contribution in [0.1, 0.15) is 10.4 Å². The summed E-state index contributed by atoms with van der Waals surface area (Å²) in [6.07, 6.45) is 0. The van der Waals surface area contributed by atoms with Crippen LogP contribution in [0.15, 0.2) is 42.5 Å². The molecule has 0 radical (unpaired) electrons. The van der Waals surface area contributed by atoms with Crippen LogP contribution in [0.4, 0.5) is 5.69 Å². The third kappa shape index (κ3) is 4.87. The summed E-state index contributed by atoms with van der Waals surface area (Å²) >= 11 is 0. The predicted molar refractivity (Wildman–Crippen MR) is 93.5 cm³/mol. The molecule has 0 bridgehead atoms. The highest BCUT2D eigenvalue weighted by Crippen LogP contribution is 2.23. The van der Waals surface area contributed by atoms with Gasteiger partial charge in [-0.25, -0.2) is 0 Å². The Balaban J connectivity index is 1.98. The number of hydrogen-bond acceptors (Lipinski definition) is 5. The van der Waals surface area contributed by atoms with Gasteiger partial charge in [0.15, 0.2) is 0 Å². The number of rotatable bonds is 7. The molecule has 0 saturated carbocycles.